The molecule has 1 aromatic carbocycles. The Labute approximate surface area is 116 Å². The van der Waals surface area contributed by atoms with E-state index in [0.717, 1.165) is 54.5 Å². The summed E-state index contributed by atoms with van der Waals surface area (Å²) in [7, 11) is 0. The molecule has 0 radical (unpaired) electrons. The quantitative estimate of drug-likeness (QED) is 0.840. The van der Waals surface area contributed by atoms with Crippen LogP contribution in [0.25, 0.3) is 17.0 Å². The monoisotopic (exact) mass is 272 g/mol. The second kappa shape index (κ2) is 5.38. The molecule has 20 heavy (non-hydrogen) atoms. The van der Waals surface area contributed by atoms with Crippen LogP contribution in [0.3, 0.4) is 0 Å². The second-order valence-electron chi connectivity index (χ2n) is 4.74. The number of carboxylic acid groups (broad SMARTS) is 1. The molecule has 3 rings (SSSR count). The lowest BCUT2D eigenvalue weighted by molar-refractivity contribution is -0.131. The highest BCUT2D eigenvalue weighted by atomic mass is 16.5. The number of aromatic nitrogens is 1. The number of aliphatic carboxylic acids is 1. The first kappa shape index (κ1) is 12.7. The zero-order chi connectivity index (χ0) is 13.9. The van der Waals surface area contributed by atoms with Gasteiger partial charge in [0.05, 0.1) is 13.2 Å². The summed E-state index contributed by atoms with van der Waals surface area (Å²) in [4.78, 5) is 16.1. The highest BCUT2D eigenvalue weighted by molar-refractivity contribution is 5.94. The van der Waals surface area contributed by atoms with Gasteiger partial charge in [-0.3, -0.25) is 0 Å². The van der Waals surface area contributed by atoms with Gasteiger partial charge in [-0.2, -0.15) is 0 Å². The molecule has 2 heterocycles. The summed E-state index contributed by atoms with van der Waals surface area (Å²) in [6.45, 7) is 3.26. The van der Waals surface area contributed by atoms with E-state index in [0.29, 0.717) is 0 Å². The molecule has 0 unspecified atom stereocenters. The van der Waals surface area contributed by atoms with Gasteiger partial charge in [0.25, 0.3) is 0 Å². The summed E-state index contributed by atoms with van der Waals surface area (Å²) in [5.74, 6) is -0.941. The van der Waals surface area contributed by atoms with Gasteiger partial charge in [0, 0.05) is 47.5 Å². The summed E-state index contributed by atoms with van der Waals surface area (Å²) in [5, 5.41) is 9.76. The van der Waals surface area contributed by atoms with Crippen LogP contribution in [0.5, 0.6) is 0 Å². The fraction of sp³-hybridized carbons (Fsp3) is 0.267. The Kier molecular flexibility index (Phi) is 3.43. The van der Waals surface area contributed by atoms with Gasteiger partial charge < -0.3 is 19.7 Å². The summed E-state index contributed by atoms with van der Waals surface area (Å²) < 4.78 is 5.36. The van der Waals surface area contributed by atoms with Gasteiger partial charge in [0.15, 0.2) is 0 Å². The molecular formula is C15H16N2O3. The van der Waals surface area contributed by atoms with Crippen molar-refractivity contribution in [1.82, 2.24) is 4.98 Å². The predicted octanol–water partition coefficient (Wildman–Crippen LogP) is 2.10. The standard InChI is InChI=1S/C15H16N2O3/c18-15(19)4-1-11-10-16-14-3-2-12(9-13(11)14)17-5-7-20-8-6-17/h1-4,9-10,16H,5-8H2,(H,18,19)/b4-1-. The van der Waals surface area contributed by atoms with Gasteiger partial charge in [-0.15, -0.1) is 0 Å². The lowest BCUT2D eigenvalue weighted by Crippen LogP contribution is -2.36. The van der Waals surface area contributed by atoms with Gasteiger partial charge in [0.2, 0.25) is 0 Å². The molecule has 0 amide bonds. The van der Waals surface area contributed by atoms with Crippen LogP contribution in [-0.2, 0) is 9.53 Å². The van der Waals surface area contributed by atoms with Crippen molar-refractivity contribution in [3.8, 4) is 0 Å². The van der Waals surface area contributed by atoms with E-state index >= 15 is 0 Å². The largest absolute Gasteiger partial charge is 0.478 e. The average Bonchev–Trinajstić information content (AvgIpc) is 2.88. The molecule has 1 aliphatic heterocycles. The van der Waals surface area contributed by atoms with E-state index in [1.165, 1.54) is 0 Å². The number of carbonyl (C=O) groups is 1. The number of rotatable bonds is 3. The van der Waals surface area contributed by atoms with E-state index in [1.807, 2.05) is 12.3 Å². The van der Waals surface area contributed by atoms with Crippen molar-refractivity contribution in [3.63, 3.8) is 0 Å². The maximum atomic E-state index is 10.6. The van der Waals surface area contributed by atoms with E-state index in [9.17, 15) is 4.79 Å². The number of hydrogen-bond donors (Lipinski definition) is 2. The molecule has 5 nitrogen and oxygen atoms in total. The molecule has 1 saturated heterocycles. The third-order valence-corrected chi connectivity index (χ3v) is 3.48. The summed E-state index contributed by atoms with van der Waals surface area (Å²) in [5.41, 5.74) is 3.04. The molecule has 0 atom stereocenters. The molecule has 2 aromatic rings. The van der Waals surface area contributed by atoms with E-state index < -0.39 is 5.97 Å². The Bertz CT molecular complexity index is 654. The Hall–Kier alpha value is -2.27. The highest BCUT2D eigenvalue weighted by Gasteiger charge is 2.12. The number of H-pyrrole nitrogens is 1. The molecule has 2 N–H and O–H groups in total. The number of nitrogens with one attached hydrogen (secondary N) is 1. The topological polar surface area (TPSA) is 65.6 Å². The zero-order valence-corrected chi connectivity index (χ0v) is 11.0. The number of carboxylic acids is 1. The number of hydrogen-bond acceptors (Lipinski definition) is 3. The lowest BCUT2D eigenvalue weighted by Gasteiger charge is -2.28. The maximum Gasteiger partial charge on any atom is 0.328 e. The minimum Gasteiger partial charge on any atom is -0.478 e. The number of fused-ring (bicyclic) bond motifs is 1. The van der Waals surface area contributed by atoms with E-state index in [1.54, 1.807) is 6.08 Å². The van der Waals surface area contributed by atoms with Crippen LogP contribution in [0.15, 0.2) is 30.5 Å². The van der Waals surface area contributed by atoms with Crippen molar-refractivity contribution in [2.24, 2.45) is 0 Å². The van der Waals surface area contributed by atoms with Gasteiger partial charge in [-0.05, 0) is 24.3 Å². The minimum absolute atomic E-state index is 0.747. The van der Waals surface area contributed by atoms with Gasteiger partial charge >= 0.3 is 5.97 Å². The number of benzene rings is 1. The number of nitrogens with zero attached hydrogens (tertiary/aromatic N) is 1. The predicted molar refractivity (Wildman–Crippen MR) is 78.0 cm³/mol. The molecule has 104 valence electrons. The third-order valence-electron chi connectivity index (χ3n) is 3.48. The Morgan fingerprint density at radius 3 is 2.90 bits per heavy atom. The van der Waals surface area contributed by atoms with Crippen LogP contribution in [0, 0.1) is 0 Å². The number of aromatic amines is 1. The van der Waals surface area contributed by atoms with Gasteiger partial charge in [0.1, 0.15) is 0 Å². The fourth-order valence-corrected chi connectivity index (χ4v) is 2.45. The first-order chi connectivity index (χ1) is 9.74. The van der Waals surface area contributed by atoms with Gasteiger partial charge in [-0.25, -0.2) is 4.79 Å². The molecule has 1 fully saturated rings. The molecule has 0 spiro atoms. The summed E-state index contributed by atoms with van der Waals surface area (Å²) in [6.07, 6.45) is 4.60. The average molecular weight is 272 g/mol. The smallest absolute Gasteiger partial charge is 0.328 e. The van der Waals surface area contributed by atoms with Crippen LogP contribution in [0.4, 0.5) is 5.69 Å². The summed E-state index contributed by atoms with van der Waals surface area (Å²) >= 11 is 0. The molecule has 0 saturated carbocycles. The Morgan fingerprint density at radius 1 is 1.35 bits per heavy atom. The molecule has 1 aromatic heterocycles. The van der Waals surface area contributed by atoms with Crippen molar-refractivity contribution in [2.75, 3.05) is 31.2 Å². The van der Waals surface area contributed by atoms with Crippen LogP contribution in [0.2, 0.25) is 0 Å². The van der Waals surface area contributed by atoms with Crippen LogP contribution in [-0.4, -0.2) is 42.4 Å². The maximum absolute atomic E-state index is 10.6. The van der Waals surface area contributed by atoms with Crippen molar-refractivity contribution in [3.05, 3.63) is 36.0 Å². The van der Waals surface area contributed by atoms with E-state index in [-0.39, 0.29) is 0 Å². The fourth-order valence-electron chi connectivity index (χ4n) is 2.45. The SMILES string of the molecule is O=C(O)/C=C\c1c[nH]c2ccc(N3CCOCC3)cc12. The van der Waals surface area contributed by atoms with Gasteiger partial charge in [-0.1, -0.05) is 0 Å². The third kappa shape index (κ3) is 2.53. The van der Waals surface area contributed by atoms with E-state index in [2.05, 4.69) is 22.0 Å². The van der Waals surface area contributed by atoms with Crippen molar-refractivity contribution >= 4 is 28.6 Å². The Balaban J connectivity index is 1.96. The van der Waals surface area contributed by atoms with Crippen LogP contribution < -0.4 is 4.90 Å². The second-order valence-corrected chi connectivity index (χ2v) is 4.74. The van der Waals surface area contributed by atoms with Crippen molar-refractivity contribution < 1.29 is 14.6 Å². The zero-order valence-electron chi connectivity index (χ0n) is 11.0. The van der Waals surface area contributed by atoms with Crippen molar-refractivity contribution in [1.29, 1.82) is 0 Å². The normalized spacial score (nSPS) is 16.1. The summed E-state index contributed by atoms with van der Waals surface area (Å²) in [6, 6.07) is 6.20. The van der Waals surface area contributed by atoms with E-state index in [4.69, 9.17) is 9.84 Å². The first-order valence-electron chi connectivity index (χ1n) is 6.59. The Morgan fingerprint density at radius 2 is 2.15 bits per heavy atom. The number of morpholine rings is 1. The molecule has 0 aliphatic carbocycles. The highest BCUT2D eigenvalue weighted by Crippen LogP contribution is 2.26. The molecule has 5 heteroatoms. The molecule has 0 bridgehead atoms. The van der Waals surface area contributed by atoms with Crippen molar-refractivity contribution in [2.45, 2.75) is 0 Å². The molecular weight excluding hydrogens is 256 g/mol. The van der Waals surface area contributed by atoms with Crippen LogP contribution >= 0.6 is 0 Å². The number of ether oxygens (including phenoxy) is 1. The number of anilines is 1. The lowest BCUT2D eigenvalue weighted by atomic mass is 10.1. The molecule has 1 aliphatic rings. The minimum atomic E-state index is -0.941. The first-order valence-corrected chi connectivity index (χ1v) is 6.59. The van der Waals surface area contributed by atoms with Crippen LogP contribution in [0.1, 0.15) is 5.56 Å².